The number of hydrogen-bond acceptors (Lipinski definition) is 5. The summed E-state index contributed by atoms with van der Waals surface area (Å²) in [7, 11) is -0.533. The Morgan fingerprint density at radius 1 is 1.00 bits per heavy atom. The van der Waals surface area contributed by atoms with Crippen molar-refractivity contribution in [3.8, 4) is 11.5 Å². The molecule has 0 aromatic heterocycles. The molecule has 1 aliphatic heterocycles. The van der Waals surface area contributed by atoms with E-state index in [2.05, 4.69) is 22.2 Å². The number of allylic oxidation sites excluding steroid dienone is 2. The Morgan fingerprint density at radius 3 is 2.59 bits per heavy atom. The van der Waals surface area contributed by atoms with E-state index in [9.17, 15) is 8.42 Å². The number of benzene rings is 3. The molecule has 2 N–H and O–H groups in total. The zero-order valence-corrected chi connectivity index (χ0v) is 20.4. The Morgan fingerprint density at radius 2 is 1.82 bits per heavy atom. The second-order valence-corrected chi connectivity index (χ2v) is 10.5. The molecule has 0 amide bonds. The van der Waals surface area contributed by atoms with E-state index in [4.69, 9.17) is 21.1 Å². The maximum Gasteiger partial charge on any atom is 0.261 e. The van der Waals surface area contributed by atoms with Gasteiger partial charge in [0.25, 0.3) is 10.0 Å². The van der Waals surface area contributed by atoms with E-state index in [1.165, 1.54) is 0 Å². The molecular formula is C26H25ClN2O4S. The average molecular weight is 497 g/mol. The van der Waals surface area contributed by atoms with Crippen molar-refractivity contribution >= 4 is 33.0 Å². The first-order valence-electron chi connectivity index (χ1n) is 11.0. The molecule has 3 aromatic carbocycles. The zero-order valence-electron chi connectivity index (χ0n) is 18.8. The molecule has 1 heterocycles. The first-order chi connectivity index (χ1) is 16.4. The molecule has 5 rings (SSSR count). The lowest BCUT2D eigenvalue weighted by Crippen LogP contribution is -2.29. The second-order valence-electron chi connectivity index (χ2n) is 8.39. The fourth-order valence-corrected chi connectivity index (χ4v) is 6.31. The number of sulfonamides is 1. The van der Waals surface area contributed by atoms with Crippen molar-refractivity contribution in [2.24, 2.45) is 5.92 Å². The van der Waals surface area contributed by atoms with E-state index in [0.29, 0.717) is 22.2 Å². The van der Waals surface area contributed by atoms with Crippen LogP contribution in [0.2, 0.25) is 5.02 Å². The van der Waals surface area contributed by atoms with Crippen LogP contribution in [0.4, 0.5) is 11.4 Å². The maximum atomic E-state index is 13.1. The number of halogens is 1. The summed E-state index contributed by atoms with van der Waals surface area (Å²) >= 11 is 6.16. The summed E-state index contributed by atoms with van der Waals surface area (Å²) in [5, 5.41) is 3.98. The van der Waals surface area contributed by atoms with Gasteiger partial charge in [-0.1, -0.05) is 48.0 Å². The summed E-state index contributed by atoms with van der Waals surface area (Å²) in [6, 6.07) is 17.9. The van der Waals surface area contributed by atoms with Crippen molar-refractivity contribution in [3.05, 3.63) is 89.0 Å². The Hall–Kier alpha value is -3.16. The molecule has 1 aliphatic carbocycles. The lowest BCUT2D eigenvalue weighted by Gasteiger charge is -2.38. The average Bonchev–Trinajstić information content (AvgIpc) is 3.34. The van der Waals surface area contributed by atoms with Crippen LogP contribution in [0, 0.1) is 5.92 Å². The van der Waals surface area contributed by atoms with Crippen molar-refractivity contribution in [1.29, 1.82) is 0 Å². The number of methoxy groups -OCH3 is 2. The van der Waals surface area contributed by atoms with E-state index in [1.807, 2.05) is 24.3 Å². The Labute approximate surface area is 204 Å². The van der Waals surface area contributed by atoms with Gasteiger partial charge in [0.2, 0.25) is 0 Å². The van der Waals surface area contributed by atoms with Gasteiger partial charge in [0.05, 0.1) is 35.9 Å². The van der Waals surface area contributed by atoms with Crippen LogP contribution >= 0.6 is 11.6 Å². The van der Waals surface area contributed by atoms with Gasteiger partial charge in [0, 0.05) is 17.2 Å². The third-order valence-corrected chi connectivity index (χ3v) is 8.22. The van der Waals surface area contributed by atoms with Crippen LogP contribution in [0.15, 0.2) is 77.7 Å². The molecule has 3 aromatic rings. The van der Waals surface area contributed by atoms with Crippen LogP contribution in [0.3, 0.4) is 0 Å². The van der Waals surface area contributed by atoms with Crippen LogP contribution in [0.1, 0.15) is 29.5 Å². The number of nitrogens with one attached hydrogen (secondary N) is 2. The summed E-state index contributed by atoms with van der Waals surface area (Å²) in [4.78, 5) is 0.199. The van der Waals surface area contributed by atoms with Crippen LogP contribution < -0.4 is 19.5 Å². The van der Waals surface area contributed by atoms with Crippen molar-refractivity contribution in [2.45, 2.75) is 23.3 Å². The third-order valence-electron chi connectivity index (χ3n) is 6.53. The molecule has 8 heteroatoms. The third kappa shape index (κ3) is 3.89. The lowest BCUT2D eigenvalue weighted by atomic mass is 9.77. The Kier molecular flexibility index (Phi) is 5.91. The number of rotatable bonds is 6. The summed E-state index contributed by atoms with van der Waals surface area (Å²) in [5.41, 5.74) is 3.23. The minimum atomic E-state index is -3.81. The normalized spacial score (nSPS) is 20.7. The molecule has 0 saturated carbocycles. The van der Waals surface area contributed by atoms with Gasteiger partial charge < -0.3 is 14.8 Å². The van der Waals surface area contributed by atoms with E-state index in [1.54, 1.807) is 50.6 Å². The maximum absolute atomic E-state index is 13.1. The SMILES string of the molecule is COc1cccc([C@H]2Nc3ccc(S(=O)(=O)Nc4ccccc4Cl)cc3[C@H]3C=CC[C@H]32)c1OC. The van der Waals surface area contributed by atoms with Crippen molar-refractivity contribution in [2.75, 3.05) is 24.3 Å². The Balaban J connectivity index is 1.52. The highest BCUT2D eigenvalue weighted by molar-refractivity contribution is 7.92. The van der Waals surface area contributed by atoms with E-state index < -0.39 is 10.0 Å². The highest BCUT2D eigenvalue weighted by Gasteiger charge is 2.40. The minimum absolute atomic E-state index is 0.0127. The van der Waals surface area contributed by atoms with Gasteiger partial charge in [-0.05, 0) is 54.3 Å². The van der Waals surface area contributed by atoms with Crippen LogP contribution in [-0.4, -0.2) is 22.6 Å². The standard InChI is InChI=1S/C26H25ClN2O4S/c1-32-24-12-6-9-19(26(24)33-2)25-18-8-5-7-17(18)20-15-16(13-14-22(20)28-25)34(30,31)29-23-11-4-3-10-21(23)27/h3-7,9-15,17-18,25,28-29H,8H2,1-2H3/t17-,18+,25-/m0/s1. The van der Waals surface area contributed by atoms with E-state index in [0.717, 1.165) is 23.2 Å². The highest BCUT2D eigenvalue weighted by atomic mass is 35.5. The topological polar surface area (TPSA) is 76.7 Å². The minimum Gasteiger partial charge on any atom is -0.493 e. The summed E-state index contributed by atoms with van der Waals surface area (Å²) in [6.45, 7) is 0. The number of para-hydroxylation sites is 2. The van der Waals surface area contributed by atoms with Gasteiger partial charge in [-0.15, -0.1) is 0 Å². The van der Waals surface area contributed by atoms with E-state index in [-0.39, 0.29) is 22.8 Å². The van der Waals surface area contributed by atoms with Gasteiger partial charge in [-0.2, -0.15) is 0 Å². The van der Waals surface area contributed by atoms with Gasteiger partial charge in [0.15, 0.2) is 11.5 Å². The molecule has 176 valence electrons. The molecule has 0 unspecified atom stereocenters. The van der Waals surface area contributed by atoms with Crippen molar-refractivity contribution in [1.82, 2.24) is 0 Å². The quantitative estimate of drug-likeness (QED) is 0.410. The molecule has 0 bridgehead atoms. The fourth-order valence-electron chi connectivity index (χ4n) is 4.95. The highest BCUT2D eigenvalue weighted by Crippen LogP contribution is 2.52. The zero-order chi connectivity index (χ0) is 23.9. The van der Waals surface area contributed by atoms with Crippen molar-refractivity contribution < 1.29 is 17.9 Å². The summed E-state index contributed by atoms with van der Waals surface area (Å²) in [5.74, 6) is 1.68. The number of fused-ring (bicyclic) bond motifs is 3. The molecular weight excluding hydrogens is 472 g/mol. The fraction of sp³-hybridized carbons (Fsp3) is 0.231. The molecule has 0 fully saturated rings. The number of anilines is 2. The molecule has 34 heavy (non-hydrogen) atoms. The lowest BCUT2D eigenvalue weighted by molar-refractivity contribution is 0.341. The molecule has 6 nitrogen and oxygen atoms in total. The van der Waals surface area contributed by atoms with Gasteiger partial charge >= 0.3 is 0 Å². The van der Waals surface area contributed by atoms with Crippen molar-refractivity contribution in [3.63, 3.8) is 0 Å². The first-order valence-corrected chi connectivity index (χ1v) is 12.8. The van der Waals surface area contributed by atoms with Gasteiger partial charge in [0.1, 0.15) is 0 Å². The summed E-state index contributed by atoms with van der Waals surface area (Å²) < 4.78 is 40.1. The predicted molar refractivity (Wildman–Crippen MR) is 135 cm³/mol. The largest absolute Gasteiger partial charge is 0.493 e. The summed E-state index contributed by atoms with van der Waals surface area (Å²) in [6.07, 6.45) is 5.20. The van der Waals surface area contributed by atoms with Gasteiger partial charge in [-0.3, -0.25) is 4.72 Å². The Bertz CT molecular complexity index is 1370. The first kappa shape index (κ1) is 22.6. The predicted octanol–water partition coefficient (Wildman–Crippen LogP) is 5.98. The van der Waals surface area contributed by atoms with Gasteiger partial charge in [-0.25, -0.2) is 8.42 Å². The van der Waals surface area contributed by atoms with Crippen LogP contribution in [0.25, 0.3) is 0 Å². The molecule has 0 saturated heterocycles. The van der Waals surface area contributed by atoms with Crippen LogP contribution in [-0.2, 0) is 10.0 Å². The molecule has 0 spiro atoms. The van der Waals surface area contributed by atoms with Crippen LogP contribution in [0.5, 0.6) is 11.5 Å². The number of hydrogen-bond donors (Lipinski definition) is 2. The molecule has 2 aliphatic rings. The second kappa shape index (κ2) is 8.89. The monoisotopic (exact) mass is 496 g/mol. The molecule has 0 radical (unpaired) electrons. The molecule has 3 atom stereocenters. The smallest absolute Gasteiger partial charge is 0.261 e. The number of ether oxygens (including phenoxy) is 2. The van der Waals surface area contributed by atoms with E-state index >= 15 is 0 Å².